The molecule has 0 amide bonds. The van der Waals surface area contributed by atoms with Crippen LogP contribution in [0, 0.1) is 0 Å². The van der Waals surface area contributed by atoms with Gasteiger partial charge >= 0.3 is 5.97 Å². The van der Waals surface area contributed by atoms with E-state index in [2.05, 4.69) is 4.89 Å². The van der Waals surface area contributed by atoms with Gasteiger partial charge in [-0.2, -0.15) is 5.26 Å². The molecule has 0 unspecified atom stereocenters. The fraction of sp³-hybridized carbons (Fsp3) is 0.0741. The Morgan fingerprint density at radius 2 is 1.29 bits per heavy atom. The van der Waals surface area contributed by atoms with E-state index < -0.39 is 5.97 Å². The lowest BCUT2D eigenvalue weighted by Crippen LogP contribution is -2.11. The molecule has 0 aliphatic carbocycles. The van der Waals surface area contributed by atoms with Crippen molar-refractivity contribution in [2.24, 2.45) is 0 Å². The molecule has 31 heavy (non-hydrogen) atoms. The highest BCUT2D eigenvalue weighted by Gasteiger charge is 2.19. The molecule has 4 nitrogen and oxygen atoms in total. The minimum Gasteiger partial charge on any atom is -0.481 e. The average molecular weight is 410 g/mol. The zero-order chi connectivity index (χ0) is 21.5. The smallest absolute Gasteiger partial charge is 0.373 e. The summed E-state index contributed by atoms with van der Waals surface area (Å²) in [5, 5.41) is 9.02. The van der Waals surface area contributed by atoms with Gasteiger partial charge in [0.2, 0.25) is 0 Å². The minimum atomic E-state index is -0.813. The fourth-order valence-corrected chi connectivity index (χ4v) is 3.56. The molecule has 154 valence electrons. The van der Waals surface area contributed by atoms with E-state index in [-0.39, 0.29) is 11.7 Å². The van der Waals surface area contributed by atoms with E-state index in [0.717, 1.165) is 22.3 Å². The van der Waals surface area contributed by atoms with Crippen molar-refractivity contribution in [1.82, 2.24) is 0 Å². The number of ether oxygens (including phenoxy) is 1. The van der Waals surface area contributed by atoms with Crippen LogP contribution in [0.3, 0.4) is 0 Å². The molecule has 0 aromatic heterocycles. The van der Waals surface area contributed by atoms with Crippen LogP contribution in [0.2, 0.25) is 0 Å². The first-order valence-electron chi connectivity index (χ1n) is 10.0. The third kappa shape index (κ3) is 5.00. The molecule has 0 bridgehead atoms. The van der Waals surface area contributed by atoms with E-state index in [0.29, 0.717) is 12.2 Å². The maximum absolute atomic E-state index is 12.3. The summed E-state index contributed by atoms with van der Waals surface area (Å²) in [6.07, 6.45) is 0.187. The van der Waals surface area contributed by atoms with E-state index in [9.17, 15) is 4.79 Å². The van der Waals surface area contributed by atoms with Crippen LogP contribution in [0.5, 0.6) is 5.75 Å². The van der Waals surface area contributed by atoms with Gasteiger partial charge in [0.05, 0.1) is 5.56 Å². The molecule has 4 heteroatoms. The highest BCUT2D eigenvalue weighted by atomic mass is 17.1. The molecule has 4 rings (SSSR count). The Kier molecular flexibility index (Phi) is 6.41. The summed E-state index contributed by atoms with van der Waals surface area (Å²) in [5.41, 5.74) is 4.05. The number of hydrogen-bond acceptors (Lipinski definition) is 4. The Labute approximate surface area is 181 Å². The summed E-state index contributed by atoms with van der Waals surface area (Å²) in [6.45, 7) is 0. The van der Waals surface area contributed by atoms with Gasteiger partial charge in [0.1, 0.15) is 11.9 Å². The van der Waals surface area contributed by atoms with Crippen LogP contribution in [-0.2, 0) is 11.3 Å². The van der Waals surface area contributed by atoms with Crippen LogP contribution >= 0.6 is 0 Å². The predicted octanol–water partition coefficient (Wildman–Crippen LogP) is 6.08. The second-order valence-corrected chi connectivity index (χ2v) is 7.18. The molecule has 0 heterocycles. The zero-order valence-corrected chi connectivity index (χ0v) is 16.8. The number of carbonyl (C=O) groups excluding carboxylic acids is 1. The topological polar surface area (TPSA) is 55.8 Å². The van der Waals surface area contributed by atoms with Crippen molar-refractivity contribution in [3.8, 4) is 5.75 Å². The van der Waals surface area contributed by atoms with Crippen LogP contribution in [0.25, 0.3) is 0 Å². The Balaban J connectivity index is 1.68. The normalized spacial score (nSPS) is 10.6. The van der Waals surface area contributed by atoms with Gasteiger partial charge in [0, 0.05) is 0 Å². The van der Waals surface area contributed by atoms with Gasteiger partial charge in [-0.3, -0.25) is 4.89 Å². The van der Waals surface area contributed by atoms with Crippen LogP contribution in [0.1, 0.15) is 38.7 Å². The number of carbonyl (C=O) groups is 1. The fourth-order valence-electron chi connectivity index (χ4n) is 3.56. The zero-order valence-electron chi connectivity index (χ0n) is 16.8. The SMILES string of the molecule is O=C(OO)c1cc(OC(c2ccccc2)c2ccccc2)ccc1Cc1ccccc1. The molecule has 0 aliphatic heterocycles. The molecule has 0 atom stereocenters. The highest BCUT2D eigenvalue weighted by molar-refractivity contribution is 5.91. The number of benzene rings is 4. The van der Waals surface area contributed by atoms with E-state index in [1.807, 2.05) is 103 Å². The van der Waals surface area contributed by atoms with Crippen molar-refractivity contribution in [1.29, 1.82) is 0 Å². The summed E-state index contributed by atoms with van der Waals surface area (Å²) in [4.78, 5) is 16.3. The largest absolute Gasteiger partial charge is 0.481 e. The lowest BCUT2D eigenvalue weighted by molar-refractivity contribution is -0.182. The Morgan fingerprint density at radius 3 is 1.84 bits per heavy atom. The third-order valence-corrected chi connectivity index (χ3v) is 5.08. The van der Waals surface area contributed by atoms with Crippen LogP contribution in [0.15, 0.2) is 109 Å². The Bertz CT molecular complexity index is 1090. The molecule has 0 saturated carbocycles. The first kappa shape index (κ1) is 20.4. The molecular weight excluding hydrogens is 388 g/mol. The van der Waals surface area contributed by atoms with Gasteiger partial charge < -0.3 is 4.74 Å². The summed E-state index contributed by atoms with van der Waals surface area (Å²) in [5.74, 6) is -0.303. The molecule has 0 spiro atoms. The first-order chi connectivity index (χ1) is 15.2. The number of rotatable bonds is 7. The van der Waals surface area contributed by atoms with Crippen molar-refractivity contribution in [3.63, 3.8) is 0 Å². The summed E-state index contributed by atoms with van der Waals surface area (Å²) >= 11 is 0. The van der Waals surface area contributed by atoms with Gasteiger partial charge in [0.25, 0.3) is 0 Å². The van der Waals surface area contributed by atoms with Crippen molar-refractivity contribution in [3.05, 3.63) is 137 Å². The third-order valence-electron chi connectivity index (χ3n) is 5.08. The molecule has 4 aromatic carbocycles. The molecule has 0 saturated heterocycles. The van der Waals surface area contributed by atoms with Crippen LogP contribution in [-0.4, -0.2) is 11.2 Å². The standard InChI is InChI=1S/C27H22O4/c28-27(31-29)25-19-24(17-16-23(25)18-20-10-4-1-5-11-20)30-26(21-12-6-2-7-13-21)22-14-8-3-9-15-22/h1-17,19,26,29H,18H2. The van der Waals surface area contributed by atoms with Crippen molar-refractivity contribution in [2.75, 3.05) is 0 Å². The minimum absolute atomic E-state index is 0.267. The monoisotopic (exact) mass is 410 g/mol. The molecular formula is C27H22O4. The van der Waals surface area contributed by atoms with Gasteiger partial charge in [-0.1, -0.05) is 97.1 Å². The molecule has 0 radical (unpaired) electrons. The second kappa shape index (κ2) is 9.74. The molecule has 4 aromatic rings. The Hall–Kier alpha value is -3.89. The van der Waals surface area contributed by atoms with E-state index >= 15 is 0 Å². The first-order valence-corrected chi connectivity index (χ1v) is 10.0. The van der Waals surface area contributed by atoms with Gasteiger partial charge in [-0.25, -0.2) is 4.79 Å². The summed E-state index contributed by atoms with van der Waals surface area (Å²) in [6, 6.07) is 34.9. The van der Waals surface area contributed by atoms with Crippen molar-refractivity contribution in [2.45, 2.75) is 12.5 Å². The maximum Gasteiger partial charge on any atom is 0.373 e. The number of hydrogen-bond donors (Lipinski definition) is 1. The van der Waals surface area contributed by atoms with Crippen LogP contribution < -0.4 is 4.74 Å². The van der Waals surface area contributed by atoms with Gasteiger partial charge in [-0.15, -0.1) is 0 Å². The van der Waals surface area contributed by atoms with Gasteiger partial charge in [0.15, 0.2) is 0 Å². The van der Waals surface area contributed by atoms with E-state index in [1.165, 1.54) is 0 Å². The predicted molar refractivity (Wildman–Crippen MR) is 119 cm³/mol. The molecule has 1 N–H and O–H groups in total. The second-order valence-electron chi connectivity index (χ2n) is 7.18. The Morgan fingerprint density at radius 1 is 0.742 bits per heavy atom. The molecule has 0 aliphatic rings. The van der Waals surface area contributed by atoms with E-state index in [1.54, 1.807) is 6.07 Å². The summed E-state index contributed by atoms with van der Waals surface area (Å²) in [7, 11) is 0. The summed E-state index contributed by atoms with van der Waals surface area (Å²) < 4.78 is 6.34. The van der Waals surface area contributed by atoms with Crippen molar-refractivity contribution >= 4 is 5.97 Å². The molecule has 0 fully saturated rings. The lowest BCUT2D eigenvalue weighted by atomic mass is 9.99. The van der Waals surface area contributed by atoms with Crippen LogP contribution in [0.4, 0.5) is 0 Å². The quantitative estimate of drug-likeness (QED) is 0.296. The van der Waals surface area contributed by atoms with Crippen molar-refractivity contribution < 1.29 is 19.7 Å². The lowest BCUT2D eigenvalue weighted by Gasteiger charge is -2.21. The van der Waals surface area contributed by atoms with Gasteiger partial charge in [-0.05, 0) is 40.8 Å². The highest BCUT2D eigenvalue weighted by Crippen LogP contribution is 2.30. The average Bonchev–Trinajstić information content (AvgIpc) is 2.84. The maximum atomic E-state index is 12.3. The van der Waals surface area contributed by atoms with E-state index in [4.69, 9.17) is 9.99 Å².